The second-order valence-corrected chi connectivity index (χ2v) is 6.18. The first-order valence-electron chi connectivity index (χ1n) is 7.47. The number of para-hydroxylation sites is 1. The molecule has 1 heterocycles. The molecule has 0 aromatic heterocycles. The van der Waals surface area contributed by atoms with Crippen LogP contribution in [0.15, 0.2) is 30.3 Å². The highest BCUT2D eigenvalue weighted by atomic mass is 32.1. The molecule has 0 saturated carbocycles. The molecule has 0 spiro atoms. The quantitative estimate of drug-likeness (QED) is 0.870. The molecule has 5 heteroatoms. The maximum Gasteiger partial charge on any atom is 0.324 e. The standard InChI is InChI=1S/C16H23N3OS/c1-13-7-10-18(11-8-13)16(20)19(12-9-15(17)21)14-5-3-2-4-6-14/h2-6,13H,7-12H2,1H3,(H2,17,21). The Kier molecular flexibility index (Phi) is 5.56. The van der Waals surface area contributed by atoms with Crippen molar-refractivity contribution < 1.29 is 4.79 Å². The predicted molar refractivity (Wildman–Crippen MR) is 90.6 cm³/mol. The van der Waals surface area contributed by atoms with Crippen LogP contribution in [0.1, 0.15) is 26.2 Å². The minimum Gasteiger partial charge on any atom is -0.393 e. The van der Waals surface area contributed by atoms with Crippen molar-refractivity contribution in [2.75, 3.05) is 24.5 Å². The number of thiocarbonyl (C=S) groups is 1. The number of piperidine rings is 1. The zero-order chi connectivity index (χ0) is 15.2. The van der Waals surface area contributed by atoms with E-state index >= 15 is 0 Å². The smallest absolute Gasteiger partial charge is 0.324 e. The molecule has 4 nitrogen and oxygen atoms in total. The second kappa shape index (κ2) is 7.41. The third kappa shape index (κ3) is 4.43. The Hall–Kier alpha value is -1.62. The minimum atomic E-state index is 0.0596. The summed E-state index contributed by atoms with van der Waals surface area (Å²) in [5.41, 5.74) is 6.50. The van der Waals surface area contributed by atoms with Gasteiger partial charge in [-0.3, -0.25) is 4.90 Å². The van der Waals surface area contributed by atoms with Crippen molar-refractivity contribution >= 4 is 28.9 Å². The molecule has 0 bridgehead atoms. The molecular weight excluding hydrogens is 282 g/mol. The van der Waals surface area contributed by atoms with Crippen LogP contribution in [-0.4, -0.2) is 35.6 Å². The SMILES string of the molecule is CC1CCN(C(=O)N(CCC(N)=S)c2ccccc2)CC1. The van der Waals surface area contributed by atoms with E-state index in [1.165, 1.54) is 0 Å². The lowest BCUT2D eigenvalue weighted by molar-refractivity contribution is 0.180. The van der Waals surface area contributed by atoms with Gasteiger partial charge in [-0.1, -0.05) is 37.3 Å². The van der Waals surface area contributed by atoms with Crippen LogP contribution < -0.4 is 10.6 Å². The van der Waals surface area contributed by atoms with Crippen LogP contribution in [0.2, 0.25) is 0 Å². The van der Waals surface area contributed by atoms with Crippen LogP contribution in [0.5, 0.6) is 0 Å². The number of hydrogen-bond acceptors (Lipinski definition) is 2. The highest BCUT2D eigenvalue weighted by molar-refractivity contribution is 7.80. The van der Waals surface area contributed by atoms with Crippen LogP contribution in [-0.2, 0) is 0 Å². The van der Waals surface area contributed by atoms with E-state index in [4.69, 9.17) is 18.0 Å². The topological polar surface area (TPSA) is 49.6 Å². The number of anilines is 1. The fraction of sp³-hybridized carbons (Fsp3) is 0.500. The number of nitrogens with zero attached hydrogens (tertiary/aromatic N) is 2. The summed E-state index contributed by atoms with van der Waals surface area (Å²) < 4.78 is 0. The highest BCUT2D eigenvalue weighted by Gasteiger charge is 2.25. The minimum absolute atomic E-state index is 0.0596. The Morgan fingerprint density at radius 3 is 2.52 bits per heavy atom. The van der Waals surface area contributed by atoms with Crippen molar-refractivity contribution in [2.45, 2.75) is 26.2 Å². The van der Waals surface area contributed by atoms with Gasteiger partial charge < -0.3 is 10.6 Å². The Bertz CT molecular complexity index is 484. The molecule has 2 N–H and O–H groups in total. The molecule has 1 saturated heterocycles. The van der Waals surface area contributed by atoms with Gasteiger partial charge in [0.15, 0.2) is 0 Å². The van der Waals surface area contributed by atoms with Gasteiger partial charge in [0.05, 0.1) is 4.99 Å². The summed E-state index contributed by atoms with van der Waals surface area (Å²) in [4.78, 5) is 17.0. The molecule has 1 fully saturated rings. The van der Waals surface area contributed by atoms with Crippen molar-refractivity contribution in [3.05, 3.63) is 30.3 Å². The largest absolute Gasteiger partial charge is 0.393 e. The number of benzene rings is 1. The monoisotopic (exact) mass is 305 g/mol. The Labute approximate surface area is 131 Å². The Morgan fingerprint density at radius 2 is 1.95 bits per heavy atom. The van der Waals surface area contributed by atoms with Gasteiger partial charge in [-0.25, -0.2) is 4.79 Å². The molecule has 114 valence electrons. The van der Waals surface area contributed by atoms with Gasteiger partial charge in [0.1, 0.15) is 0 Å². The molecule has 21 heavy (non-hydrogen) atoms. The van der Waals surface area contributed by atoms with E-state index in [1.54, 1.807) is 4.90 Å². The van der Waals surface area contributed by atoms with Crippen molar-refractivity contribution in [1.29, 1.82) is 0 Å². The van der Waals surface area contributed by atoms with E-state index in [9.17, 15) is 4.79 Å². The molecule has 0 atom stereocenters. The summed E-state index contributed by atoms with van der Waals surface area (Å²) in [7, 11) is 0. The van der Waals surface area contributed by atoms with Crippen molar-refractivity contribution in [2.24, 2.45) is 11.7 Å². The van der Waals surface area contributed by atoms with Crippen LogP contribution in [0.25, 0.3) is 0 Å². The van der Waals surface area contributed by atoms with E-state index in [0.29, 0.717) is 23.9 Å². The predicted octanol–water partition coefficient (Wildman–Crippen LogP) is 3.02. The van der Waals surface area contributed by atoms with Gasteiger partial charge in [-0.2, -0.15) is 0 Å². The number of urea groups is 1. The first-order valence-corrected chi connectivity index (χ1v) is 7.88. The lowest BCUT2D eigenvalue weighted by atomic mass is 9.99. The van der Waals surface area contributed by atoms with Gasteiger partial charge in [0.2, 0.25) is 0 Å². The van der Waals surface area contributed by atoms with Crippen molar-refractivity contribution in [1.82, 2.24) is 4.90 Å². The van der Waals surface area contributed by atoms with Gasteiger partial charge >= 0.3 is 6.03 Å². The molecule has 0 aliphatic carbocycles. The fourth-order valence-corrected chi connectivity index (χ4v) is 2.63. The Morgan fingerprint density at radius 1 is 1.33 bits per heavy atom. The van der Waals surface area contributed by atoms with E-state index in [1.807, 2.05) is 35.2 Å². The average molecular weight is 305 g/mol. The molecule has 0 unspecified atom stereocenters. The second-order valence-electron chi connectivity index (χ2n) is 5.66. The van der Waals surface area contributed by atoms with E-state index in [2.05, 4.69) is 6.92 Å². The number of carbonyl (C=O) groups excluding carboxylic acids is 1. The number of carbonyl (C=O) groups is 1. The van der Waals surface area contributed by atoms with Crippen LogP contribution in [0, 0.1) is 5.92 Å². The van der Waals surface area contributed by atoms with E-state index in [0.717, 1.165) is 31.6 Å². The summed E-state index contributed by atoms with van der Waals surface area (Å²) >= 11 is 4.95. The number of hydrogen-bond donors (Lipinski definition) is 1. The molecule has 2 amide bonds. The van der Waals surface area contributed by atoms with Gasteiger partial charge in [0, 0.05) is 31.7 Å². The van der Waals surface area contributed by atoms with Crippen molar-refractivity contribution in [3.63, 3.8) is 0 Å². The maximum atomic E-state index is 12.8. The summed E-state index contributed by atoms with van der Waals surface area (Å²) in [5, 5.41) is 0. The van der Waals surface area contributed by atoms with Crippen molar-refractivity contribution in [3.8, 4) is 0 Å². The zero-order valence-electron chi connectivity index (χ0n) is 12.5. The lowest BCUT2D eigenvalue weighted by Crippen LogP contribution is -2.47. The van der Waals surface area contributed by atoms with Crippen LogP contribution in [0.3, 0.4) is 0 Å². The van der Waals surface area contributed by atoms with Gasteiger partial charge in [-0.15, -0.1) is 0 Å². The summed E-state index contributed by atoms with van der Waals surface area (Å²) in [6.45, 7) is 4.43. The fourth-order valence-electron chi connectivity index (χ4n) is 2.54. The number of rotatable bonds is 4. The number of amides is 2. The molecule has 0 radical (unpaired) electrons. The zero-order valence-corrected chi connectivity index (χ0v) is 13.3. The average Bonchev–Trinajstić information content (AvgIpc) is 2.49. The summed E-state index contributed by atoms with van der Waals surface area (Å²) in [6, 6.07) is 9.78. The third-order valence-corrected chi connectivity index (χ3v) is 4.14. The normalized spacial score (nSPS) is 15.8. The number of likely N-dealkylation sites (tertiary alicyclic amines) is 1. The van der Waals surface area contributed by atoms with Crippen LogP contribution in [0.4, 0.5) is 10.5 Å². The first-order chi connectivity index (χ1) is 10.1. The van der Waals surface area contributed by atoms with E-state index in [-0.39, 0.29) is 6.03 Å². The third-order valence-electron chi connectivity index (χ3n) is 3.93. The molecule has 1 aromatic carbocycles. The molecule has 1 aliphatic rings. The number of nitrogens with two attached hydrogens (primary N) is 1. The Balaban J connectivity index is 2.10. The summed E-state index contributed by atoms with van der Waals surface area (Å²) in [5.74, 6) is 0.704. The lowest BCUT2D eigenvalue weighted by Gasteiger charge is -2.35. The molecule has 1 aliphatic heterocycles. The van der Waals surface area contributed by atoms with E-state index < -0.39 is 0 Å². The van der Waals surface area contributed by atoms with Gasteiger partial charge in [-0.05, 0) is 30.9 Å². The summed E-state index contributed by atoms with van der Waals surface area (Å²) in [6.07, 6.45) is 2.69. The molecule has 1 aromatic rings. The maximum absolute atomic E-state index is 12.8. The highest BCUT2D eigenvalue weighted by Crippen LogP contribution is 2.21. The first kappa shape index (κ1) is 15.8. The molecule has 2 rings (SSSR count). The van der Waals surface area contributed by atoms with Gasteiger partial charge in [0.25, 0.3) is 0 Å². The molecular formula is C16H23N3OS. The van der Waals surface area contributed by atoms with Crippen LogP contribution >= 0.6 is 12.2 Å².